The predicted octanol–water partition coefficient (Wildman–Crippen LogP) is -1.92. The van der Waals surface area contributed by atoms with Gasteiger partial charge in [-0.1, -0.05) is 0 Å². The third kappa shape index (κ3) is 11.6. The van der Waals surface area contributed by atoms with Crippen molar-refractivity contribution in [2.75, 3.05) is 52.9 Å². The Bertz CT molecular complexity index is 657. The minimum atomic E-state index is -5.92. The normalized spacial score (nSPS) is 14.0. The minimum absolute atomic E-state index is 0.0413. The van der Waals surface area contributed by atoms with E-state index in [9.17, 15) is 18.3 Å². The van der Waals surface area contributed by atoms with Crippen LogP contribution in [0.3, 0.4) is 0 Å². The second kappa shape index (κ2) is 14.9. The van der Waals surface area contributed by atoms with Gasteiger partial charge in [-0.15, -0.1) is 0 Å². The van der Waals surface area contributed by atoms with Gasteiger partial charge in [0.1, 0.15) is 0 Å². The van der Waals surface area contributed by atoms with Gasteiger partial charge in [-0.2, -0.15) is 0 Å². The molecule has 0 fully saturated rings. The summed E-state index contributed by atoms with van der Waals surface area (Å²) in [6.07, 6.45) is 0. The van der Waals surface area contributed by atoms with Gasteiger partial charge >= 0.3 is 30.4 Å². The van der Waals surface area contributed by atoms with E-state index in [1.165, 1.54) is 0 Å². The standard InChI is InChI=1S/C8H18O5.C4H14O13P4/c9-1-3-11-5-7-13-8-6-12-4-2-10;1-3(18(5,6)7,19(8,9)10)17-4(2,20(11,12)13)21(14,15)16/h9-10H,1-8H2;1-2H3,(H2,5,6,7)(H2,8,9,10)(H2,11,12,13)(H2,14,15,16). The zero-order chi connectivity index (χ0) is 27.5. The van der Waals surface area contributed by atoms with Crippen molar-refractivity contribution in [2.24, 2.45) is 0 Å². The van der Waals surface area contributed by atoms with Crippen molar-refractivity contribution in [1.29, 1.82) is 0 Å². The maximum absolute atomic E-state index is 11.2. The monoisotopic (exact) mass is 588 g/mol. The number of rotatable bonds is 16. The Kier molecular flexibility index (Phi) is 16.0. The highest BCUT2D eigenvalue weighted by molar-refractivity contribution is 7.73. The molecule has 10 N–H and O–H groups in total. The van der Waals surface area contributed by atoms with Crippen LogP contribution in [0, 0.1) is 0 Å². The highest BCUT2D eigenvalue weighted by atomic mass is 31.2. The van der Waals surface area contributed by atoms with Crippen molar-refractivity contribution in [1.82, 2.24) is 0 Å². The van der Waals surface area contributed by atoms with E-state index in [1.54, 1.807) is 0 Å². The molecule has 0 saturated heterocycles. The van der Waals surface area contributed by atoms with Crippen LogP contribution in [-0.2, 0) is 37.2 Å². The van der Waals surface area contributed by atoms with E-state index in [0.29, 0.717) is 39.6 Å². The lowest BCUT2D eigenvalue weighted by atomic mass is 10.7. The Morgan fingerprint density at radius 3 is 0.882 bits per heavy atom. The molecular formula is C12H32O18P4. The van der Waals surface area contributed by atoms with Crippen LogP contribution >= 0.6 is 30.4 Å². The number of aliphatic hydroxyl groups is 2. The second-order valence-corrected chi connectivity index (χ2v) is 14.9. The average Bonchev–Trinajstić information content (AvgIpc) is 2.63. The summed E-state index contributed by atoms with van der Waals surface area (Å²) in [5.41, 5.74) is 0. The molecule has 34 heavy (non-hydrogen) atoms. The number of ether oxygens (including phenoxy) is 4. The van der Waals surface area contributed by atoms with Gasteiger partial charge in [-0.05, 0) is 13.8 Å². The molecule has 0 heterocycles. The van der Waals surface area contributed by atoms with E-state index in [-0.39, 0.29) is 27.1 Å². The molecule has 0 aliphatic rings. The summed E-state index contributed by atoms with van der Waals surface area (Å²) >= 11 is 0. The summed E-state index contributed by atoms with van der Waals surface area (Å²) in [5.74, 6) is 0. The molecule has 0 aromatic carbocycles. The van der Waals surface area contributed by atoms with Gasteiger partial charge in [0.25, 0.3) is 10.2 Å². The highest BCUT2D eigenvalue weighted by Crippen LogP contribution is 2.77. The van der Waals surface area contributed by atoms with Crippen LogP contribution < -0.4 is 0 Å². The van der Waals surface area contributed by atoms with Crippen LogP contribution in [0.5, 0.6) is 0 Å². The van der Waals surface area contributed by atoms with E-state index in [2.05, 4.69) is 4.74 Å². The molecule has 18 nitrogen and oxygen atoms in total. The Labute approximate surface area is 194 Å². The fourth-order valence-corrected chi connectivity index (χ4v) is 5.82. The van der Waals surface area contributed by atoms with Crippen molar-refractivity contribution in [3.63, 3.8) is 0 Å². The molecule has 0 spiro atoms. The maximum Gasteiger partial charge on any atom is 0.369 e. The minimum Gasteiger partial charge on any atom is -0.394 e. The summed E-state index contributed by atoms with van der Waals surface area (Å²) in [4.78, 5) is 71.6. The smallest absolute Gasteiger partial charge is 0.369 e. The molecule has 0 radical (unpaired) electrons. The van der Waals surface area contributed by atoms with E-state index in [1.807, 2.05) is 0 Å². The molecule has 0 aromatic heterocycles. The molecule has 0 amide bonds. The Morgan fingerprint density at radius 1 is 0.500 bits per heavy atom. The van der Waals surface area contributed by atoms with Crippen molar-refractivity contribution < 1.29 is 86.6 Å². The SMILES string of the molecule is CC(OC(C)(P(=O)(O)O)P(=O)(O)O)(P(=O)(O)O)P(=O)(O)O.OCCOCCOCCOCCO. The number of hydrogen-bond donors (Lipinski definition) is 10. The van der Waals surface area contributed by atoms with Gasteiger partial charge in [0.2, 0.25) is 0 Å². The zero-order valence-electron chi connectivity index (χ0n) is 18.2. The number of aliphatic hydroxyl groups excluding tert-OH is 2. The molecule has 0 unspecified atom stereocenters. The molecule has 0 aliphatic carbocycles. The predicted molar refractivity (Wildman–Crippen MR) is 113 cm³/mol. The van der Waals surface area contributed by atoms with E-state index in [4.69, 9.17) is 63.6 Å². The molecule has 22 heteroatoms. The molecule has 0 atom stereocenters. The fraction of sp³-hybridized carbons (Fsp3) is 1.00. The first-order valence-corrected chi connectivity index (χ1v) is 15.4. The largest absolute Gasteiger partial charge is 0.394 e. The lowest BCUT2D eigenvalue weighted by Gasteiger charge is -2.39. The quantitative estimate of drug-likeness (QED) is 0.0694. The number of hydrogen-bond acceptors (Lipinski definition) is 10. The van der Waals surface area contributed by atoms with Crippen molar-refractivity contribution >= 4 is 30.4 Å². The Morgan fingerprint density at radius 2 is 0.706 bits per heavy atom. The Hall–Kier alpha value is 0.360. The first-order chi connectivity index (χ1) is 15.1. The summed E-state index contributed by atoms with van der Waals surface area (Å²) in [5, 5.41) is 8.96. The second-order valence-electron chi connectivity index (χ2n) is 6.43. The average molecular weight is 588 g/mol. The van der Waals surface area contributed by atoms with Gasteiger partial charge in [0.15, 0.2) is 0 Å². The summed E-state index contributed by atoms with van der Waals surface area (Å²) in [6.45, 7) is 2.93. The van der Waals surface area contributed by atoms with Gasteiger partial charge in [-0.3, -0.25) is 18.3 Å². The summed E-state index contributed by atoms with van der Waals surface area (Å²) < 4.78 is 63.9. The zero-order valence-corrected chi connectivity index (χ0v) is 21.8. The van der Waals surface area contributed by atoms with Gasteiger partial charge in [0.05, 0.1) is 52.9 Å². The van der Waals surface area contributed by atoms with E-state index < -0.39 is 40.5 Å². The van der Waals surface area contributed by atoms with E-state index in [0.717, 1.165) is 0 Å². The van der Waals surface area contributed by atoms with Crippen LogP contribution in [0.2, 0.25) is 0 Å². The lowest BCUT2D eigenvalue weighted by Crippen LogP contribution is -2.40. The van der Waals surface area contributed by atoms with Crippen LogP contribution in [0.1, 0.15) is 13.8 Å². The van der Waals surface area contributed by atoms with Gasteiger partial charge < -0.3 is 68.3 Å². The van der Waals surface area contributed by atoms with Crippen molar-refractivity contribution in [3.8, 4) is 0 Å². The third-order valence-electron chi connectivity index (χ3n) is 3.76. The summed E-state index contributed by atoms with van der Waals surface area (Å²) in [6, 6.07) is 0. The Balaban J connectivity index is 0. The topological polar surface area (TPSA) is 308 Å². The molecular weight excluding hydrogens is 556 g/mol. The first-order valence-electron chi connectivity index (χ1n) is 9.00. The fourth-order valence-electron chi connectivity index (χ4n) is 1.61. The third-order valence-corrected chi connectivity index (χ3v) is 11.6. The van der Waals surface area contributed by atoms with Crippen LogP contribution in [0.15, 0.2) is 0 Å². The highest BCUT2D eigenvalue weighted by Gasteiger charge is 2.68. The van der Waals surface area contributed by atoms with Crippen LogP contribution in [0.25, 0.3) is 0 Å². The van der Waals surface area contributed by atoms with Gasteiger partial charge in [0, 0.05) is 0 Å². The molecule has 0 aromatic rings. The molecule has 0 saturated carbocycles. The van der Waals surface area contributed by atoms with Crippen molar-refractivity contribution in [3.05, 3.63) is 0 Å². The molecule has 208 valence electrons. The molecule has 0 aliphatic heterocycles. The van der Waals surface area contributed by atoms with Crippen LogP contribution in [0.4, 0.5) is 0 Å². The van der Waals surface area contributed by atoms with Gasteiger partial charge in [-0.25, -0.2) is 0 Å². The molecule has 0 bridgehead atoms. The first kappa shape index (κ1) is 36.5. The van der Waals surface area contributed by atoms with E-state index >= 15 is 0 Å². The van der Waals surface area contributed by atoms with Crippen LogP contribution in [-0.4, -0.2) is 112 Å². The maximum atomic E-state index is 11.2. The lowest BCUT2D eigenvalue weighted by molar-refractivity contribution is -0.0109. The van der Waals surface area contributed by atoms with Crippen molar-refractivity contribution in [2.45, 2.75) is 24.0 Å². The summed E-state index contributed by atoms with van der Waals surface area (Å²) in [7, 11) is -23.7. The molecule has 0 rings (SSSR count).